The van der Waals surface area contributed by atoms with Gasteiger partial charge >= 0.3 is 5.97 Å². The molecule has 0 radical (unpaired) electrons. The van der Waals surface area contributed by atoms with Gasteiger partial charge in [-0.2, -0.15) is 0 Å². The number of carboxylic acids is 1. The second-order valence-electron chi connectivity index (χ2n) is 5.24. The number of carboxylic acid groups (broad SMARTS) is 1. The zero-order chi connectivity index (χ0) is 17.9. The summed E-state index contributed by atoms with van der Waals surface area (Å²) in [6, 6.07) is 4.64. The number of hydrogen-bond donors (Lipinski definition) is 3. The van der Waals surface area contributed by atoms with Gasteiger partial charge < -0.3 is 19.9 Å². The number of fused-ring (bicyclic) bond motifs is 1. The molecule has 3 N–H and O–H groups in total. The van der Waals surface area contributed by atoms with E-state index in [0.717, 1.165) is 0 Å². The number of nitrogens with zero attached hydrogens (tertiary/aromatic N) is 1. The topological polar surface area (TPSA) is 82.7 Å². The smallest absolute Gasteiger partial charge is 0.307 e. The van der Waals surface area contributed by atoms with Crippen LogP contribution in [-0.2, 0) is 17.8 Å². The minimum atomic E-state index is -0.998. The second kappa shape index (κ2) is 7.27. The van der Waals surface area contributed by atoms with Crippen LogP contribution in [0.4, 0.5) is 0 Å². The largest absolute Gasteiger partial charge is 0.508 e. The lowest BCUT2D eigenvalue weighted by atomic mass is 10.1. The van der Waals surface area contributed by atoms with Gasteiger partial charge in [-0.1, -0.05) is 30.3 Å². The molecule has 1 aromatic heterocycles. The summed E-state index contributed by atoms with van der Waals surface area (Å²) in [5.41, 5.74) is 1.63. The summed E-state index contributed by atoms with van der Waals surface area (Å²) in [6.07, 6.45) is 4.58. The maximum atomic E-state index is 11.1. The van der Waals surface area contributed by atoms with Crippen molar-refractivity contribution in [1.82, 2.24) is 4.57 Å². The number of aromatic hydroxyl groups is 1. The number of allylic oxidation sites excluding steroid dienone is 4. The number of halogens is 1. The van der Waals surface area contributed by atoms with Crippen molar-refractivity contribution in [3.05, 3.63) is 65.1 Å². The van der Waals surface area contributed by atoms with E-state index >= 15 is 0 Å². The number of hydrogen-bond acceptors (Lipinski definition) is 3. The van der Waals surface area contributed by atoms with Crippen LogP contribution in [0.5, 0.6) is 5.75 Å². The van der Waals surface area contributed by atoms with Gasteiger partial charge in [-0.05, 0) is 25.1 Å². The van der Waals surface area contributed by atoms with Crippen molar-refractivity contribution in [3.8, 4) is 5.75 Å². The van der Waals surface area contributed by atoms with Crippen LogP contribution >= 0.6 is 11.6 Å². The van der Waals surface area contributed by atoms with Crippen molar-refractivity contribution in [2.24, 2.45) is 0 Å². The Balaban J connectivity index is 2.69. The number of phenols is 1. The van der Waals surface area contributed by atoms with Crippen molar-refractivity contribution in [3.63, 3.8) is 0 Å². The summed E-state index contributed by atoms with van der Waals surface area (Å²) in [4.78, 5) is 11.1. The average molecular weight is 348 g/mol. The second-order valence-corrected chi connectivity index (χ2v) is 5.60. The van der Waals surface area contributed by atoms with Crippen molar-refractivity contribution in [2.45, 2.75) is 19.9 Å². The number of rotatable bonds is 6. The van der Waals surface area contributed by atoms with Crippen LogP contribution in [-0.4, -0.2) is 25.9 Å². The standard InChI is InChI=1S/C18H18ClNO4/c1-3-5-11(16(22)4-2)10-20-15-8-12(21)6-7-13(15)14(18(20)19)9-17(23)24/h3-8,21-22H,2,9-10H2,1H3,(H,23,24)/b5-3-,16-11-. The van der Waals surface area contributed by atoms with Gasteiger partial charge in [0.2, 0.25) is 0 Å². The number of aliphatic hydroxyl groups excluding tert-OH is 1. The van der Waals surface area contributed by atoms with Gasteiger partial charge in [0.25, 0.3) is 0 Å². The monoisotopic (exact) mass is 347 g/mol. The fraction of sp³-hybridized carbons (Fsp3) is 0.167. The maximum absolute atomic E-state index is 11.1. The molecule has 0 amide bonds. The Morgan fingerprint density at radius 2 is 2.08 bits per heavy atom. The zero-order valence-electron chi connectivity index (χ0n) is 13.2. The van der Waals surface area contributed by atoms with E-state index in [1.807, 2.05) is 6.92 Å². The molecule has 0 aliphatic rings. The highest BCUT2D eigenvalue weighted by Gasteiger charge is 2.19. The first kappa shape index (κ1) is 17.7. The zero-order valence-corrected chi connectivity index (χ0v) is 13.9. The van der Waals surface area contributed by atoms with Crippen LogP contribution in [0.15, 0.2) is 54.3 Å². The van der Waals surface area contributed by atoms with E-state index in [1.54, 1.807) is 22.8 Å². The highest BCUT2D eigenvalue weighted by atomic mass is 35.5. The summed E-state index contributed by atoms with van der Waals surface area (Å²) in [5, 5.41) is 29.8. The predicted octanol–water partition coefficient (Wildman–Crippen LogP) is 4.20. The van der Waals surface area contributed by atoms with Crippen molar-refractivity contribution in [2.75, 3.05) is 0 Å². The lowest BCUT2D eigenvalue weighted by molar-refractivity contribution is -0.136. The number of aromatic nitrogens is 1. The number of benzene rings is 1. The summed E-state index contributed by atoms with van der Waals surface area (Å²) in [6.45, 7) is 5.57. The minimum Gasteiger partial charge on any atom is -0.508 e. The highest BCUT2D eigenvalue weighted by molar-refractivity contribution is 6.32. The Morgan fingerprint density at radius 3 is 2.67 bits per heavy atom. The Hall–Kier alpha value is -2.66. The van der Waals surface area contributed by atoms with E-state index in [2.05, 4.69) is 6.58 Å². The third-order valence-corrected chi connectivity index (χ3v) is 4.06. The van der Waals surface area contributed by atoms with Gasteiger partial charge in [-0.3, -0.25) is 4.79 Å². The molecule has 0 aliphatic heterocycles. The van der Waals surface area contributed by atoms with Gasteiger partial charge in [0.1, 0.15) is 16.7 Å². The Bertz CT molecular complexity index is 862. The number of phenolic OH excluding ortho intramolecular Hbond substituents is 1. The normalized spacial score (nSPS) is 12.6. The van der Waals surface area contributed by atoms with Crippen LogP contribution in [0.25, 0.3) is 10.9 Å². The fourth-order valence-electron chi connectivity index (χ4n) is 2.57. The average Bonchev–Trinajstić information content (AvgIpc) is 2.78. The van der Waals surface area contributed by atoms with Crippen molar-refractivity contribution in [1.29, 1.82) is 0 Å². The predicted molar refractivity (Wildman–Crippen MR) is 94.6 cm³/mol. The van der Waals surface area contributed by atoms with Crippen LogP contribution in [0.2, 0.25) is 5.15 Å². The molecule has 1 heterocycles. The van der Waals surface area contributed by atoms with E-state index in [9.17, 15) is 15.0 Å². The third-order valence-electron chi connectivity index (χ3n) is 3.63. The number of aliphatic carboxylic acids is 1. The van der Waals surface area contributed by atoms with Crippen LogP contribution in [0.3, 0.4) is 0 Å². The van der Waals surface area contributed by atoms with Gasteiger partial charge in [-0.25, -0.2) is 0 Å². The molecule has 5 nitrogen and oxygen atoms in total. The number of carbonyl (C=O) groups is 1. The summed E-state index contributed by atoms with van der Waals surface area (Å²) >= 11 is 6.40. The van der Waals surface area contributed by atoms with Gasteiger partial charge in [0.15, 0.2) is 0 Å². The molecule has 0 bridgehead atoms. The van der Waals surface area contributed by atoms with Gasteiger partial charge in [0, 0.05) is 22.6 Å². The number of aliphatic hydroxyl groups is 1. The summed E-state index contributed by atoms with van der Waals surface area (Å²) in [5.74, 6) is -0.947. The first-order valence-electron chi connectivity index (χ1n) is 7.27. The van der Waals surface area contributed by atoms with Crippen LogP contribution in [0, 0.1) is 0 Å². The lowest BCUT2D eigenvalue weighted by Crippen LogP contribution is -2.04. The molecule has 1 aromatic carbocycles. The molecule has 0 aliphatic carbocycles. The van der Waals surface area contributed by atoms with Gasteiger partial charge in [-0.15, -0.1) is 0 Å². The van der Waals surface area contributed by atoms with E-state index in [1.165, 1.54) is 18.2 Å². The molecule has 0 saturated carbocycles. The van der Waals surface area contributed by atoms with Crippen LogP contribution in [0.1, 0.15) is 12.5 Å². The Labute approximate surface area is 144 Å². The summed E-state index contributed by atoms with van der Waals surface area (Å²) in [7, 11) is 0. The maximum Gasteiger partial charge on any atom is 0.307 e. The molecule has 24 heavy (non-hydrogen) atoms. The lowest BCUT2D eigenvalue weighted by Gasteiger charge is -2.10. The first-order chi connectivity index (χ1) is 11.4. The summed E-state index contributed by atoms with van der Waals surface area (Å²) < 4.78 is 1.66. The third kappa shape index (κ3) is 3.46. The molecule has 6 heteroatoms. The molecule has 0 unspecified atom stereocenters. The van der Waals surface area contributed by atoms with Crippen LogP contribution < -0.4 is 0 Å². The Morgan fingerprint density at radius 1 is 1.38 bits per heavy atom. The molecule has 2 aromatic rings. The van der Waals surface area contributed by atoms with Gasteiger partial charge in [0.05, 0.1) is 18.5 Å². The first-order valence-corrected chi connectivity index (χ1v) is 7.65. The minimum absolute atomic E-state index is 0.00551. The molecule has 0 fully saturated rings. The molecule has 0 atom stereocenters. The molecule has 126 valence electrons. The van der Waals surface area contributed by atoms with E-state index in [0.29, 0.717) is 22.0 Å². The van der Waals surface area contributed by atoms with Crippen molar-refractivity contribution < 1.29 is 20.1 Å². The fourth-order valence-corrected chi connectivity index (χ4v) is 2.89. The van der Waals surface area contributed by atoms with E-state index < -0.39 is 5.97 Å². The molecule has 0 spiro atoms. The highest BCUT2D eigenvalue weighted by Crippen LogP contribution is 2.33. The molecule has 2 rings (SSSR count). The quantitative estimate of drug-likeness (QED) is 0.540. The molecule has 0 saturated heterocycles. The van der Waals surface area contributed by atoms with E-state index in [4.69, 9.17) is 16.7 Å². The SMILES string of the molecule is C=C/C(O)=C(\C=C/C)Cn1c(Cl)c(CC(=O)O)c2ccc(O)cc21. The molecular formula is C18H18ClNO4. The molecular weight excluding hydrogens is 330 g/mol. The van der Waals surface area contributed by atoms with E-state index in [-0.39, 0.29) is 29.6 Å². The Kier molecular flexibility index (Phi) is 5.36. The van der Waals surface area contributed by atoms with Crippen molar-refractivity contribution >= 4 is 28.5 Å².